The number of hydrogen-bond acceptors (Lipinski definition) is 6. The molecular weight excluding hydrogens is 357 g/mol. The van der Waals surface area contributed by atoms with Gasteiger partial charge in [-0.05, 0) is 6.07 Å². The number of nitrogens with zero attached hydrogens (tertiary/aromatic N) is 2. The van der Waals surface area contributed by atoms with Crippen molar-refractivity contribution in [1.82, 2.24) is 9.88 Å². The van der Waals surface area contributed by atoms with E-state index in [0.29, 0.717) is 16.6 Å². The Morgan fingerprint density at radius 2 is 2.38 bits per heavy atom. The maximum Gasteiger partial charge on any atom is 0.230 e. The van der Waals surface area contributed by atoms with Crippen molar-refractivity contribution < 1.29 is 18.7 Å². The molecule has 1 spiro atoms. The van der Waals surface area contributed by atoms with Gasteiger partial charge in [0.05, 0.1) is 12.0 Å². The first-order valence-corrected chi connectivity index (χ1v) is 9.30. The summed E-state index contributed by atoms with van der Waals surface area (Å²) in [7, 11) is 1.64. The van der Waals surface area contributed by atoms with E-state index in [-0.39, 0.29) is 11.5 Å². The van der Waals surface area contributed by atoms with E-state index < -0.39 is 5.95 Å². The number of fused-ring (bicyclic) bond motifs is 1. The number of thiazole rings is 1. The van der Waals surface area contributed by atoms with E-state index in [2.05, 4.69) is 21.3 Å². The molecule has 0 bridgehead atoms. The second kappa shape index (κ2) is 6.51. The molecule has 8 heteroatoms. The van der Waals surface area contributed by atoms with Gasteiger partial charge in [-0.2, -0.15) is 9.37 Å². The van der Waals surface area contributed by atoms with Crippen molar-refractivity contribution >= 4 is 22.4 Å². The van der Waals surface area contributed by atoms with Crippen molar-refractivity contribution in [2.24, 2.45) is 0 Å². The zero-order valence-electron chi connectivity index (χ0n) is 14.7. The first kappa shape index (κ1) is 17.2. The predicted octanol–water partition coefficient (Wildman–Crippen LogP) is 2.83. The Labute approximate surface area is 154 Å². The van der Waals surface area contributed by atoms with Crippen LogP contribution in [0, 0.1) is 5.95 Å². The van der Waals surface area contributed by atoms with Crippen LogP contribution in [0.3, 0.4) is 0 Å². The van der Waals surface area contributed by atoms with Crippen LogP contribution < -0.4 is 14.8 Å². The Morgan fingerprint density at radius 1 is 1.54 bits per heavy atom. The fraction of sp³-hybridized carbons (Fsp3) is 0.444. The normalized spacial score (nSPS) is 21.7. The molecule has 1 unspecified atom stereocenters. The van der Waals surface area contributed by atoms with E-state index in [9.17, 15) is 9.18 Å². The Kier molecular flexibility index (Phi) is 4.32. The Balaban J connectivity index is 1.45. The summed E-state index contributed by atoms with van der Waals surface area (Å²) in [5.41, 5.74) is 0.876. The molecule has 3 heterocycles. The third-order valence-electron chi connectivity index (χ3n) is 4.81. The van der Waals surface area contributed by atoms with E-state index in [4.69, 9.17) is 9.47 Å². The van der Waals surface area contributed by atoms with E-state index in [1.165, 1.54) is 18.3 Å². The first-order chi connectivity index (χ1) is 12.5. The fourth-order valence-electron chi connectivity index (χ4n) is 3.70. The summed E-state index contributed by atoms with van der Waals surface area (Å²) in [6.45, 7) is 3.38. The number of likely N-dealkylation sites (tertiary alicyclic amines) is 1. The lowest BCUT2D eigenvalue weighted by Gasteiger charge is -2.24. The van der Waals surface area contributed by atoms with Crippen molar-refractivity contribution in [2.45, 2.75) is 31.9 Å². The van der Waals surface area contributed by atoms with Crippen molar-refractivity contribution in [3.05, 3.63) is 34.6 Å². The highest BCUT2D eigenvalue weighted by Gasteiger charge is 2.46. The van der Waals surface area contributed by atoms with Crippen LogP contribution in [0.25, 0.3) is 0 Å². The first-order valence-electron chi connectivity index (χ1n) is 8.48. The standard InChI is InChI=1S/C18H20FN3O3S/c1-11(23)20-17-21-16(19)14(26-17)9-22-7-6-18(10-22)8-12-4-3-5-13(24-2)15(12)25-18/h3-5H,6-10H2,1-2H3,(H,20,21,23). The lowest BCUT2D eigenvalue weighted by atomic mass is 9.96. The quantitative estimate of drug-likeness (QED) is 0.888. The molecule has 0 radical (unpaired) electrons. The molecule has 2 aromatic rings. The third kappa shape index (κ3) is 3.14. The molecule has 0 aliphatic carbocycles. The van der Waals surface area contributed by atoms with Gasteiger partial charge in [0, 0.05) is 45.0 Å². The fourth-order valence-corrected chi connectivity index (χ4v) is 4.64. The van der Waals surface area contributed by atoms with Gasteiger partial charge in [-0.15, -0.1) is 0 Å². The molecule has 1 atom stereocenters. The molecule has 138 valence electrons. The molecule has 1 saturated heterocycles. The molecule has 4 rings (SSSR count). The number of benzene rings is 1. The van der Waals surface area contributed by atoms with Gasteiger partial charge < -0.3 is 14.8 Å². The maximum atomic E-state index is 14.1. The van der Waals surface area contributed by atoms with Gasteiger partial charge in [0.2, 0.25) is 11.9 Å². The smallest absolute Gasteiger partial charge is 0.230 e. The summed E-state index contributed by atoms with van der Waals surface area (Å²) in [4.78, 5) is 17.6. The summed E-state index contributed by atoms with van der Waals surface area (Å²) < 4.78 is 25.8. The van der Waals surface area contributed by atoms with Gasteiger partial charge >= 0.3 is 0 Å². The lowest BCUT2D eigenvalue weighted by molar-refractivity contribution is -0.114. The zero-order valence-corrected chi connectivity index (χ0v) is 15.5. The van der Waals surface area contributed by atoms with Crippen LogP contribution in [-0.2, 0) is 17.8 Å². The molecule has 1 amide bonds. The van der Waals surface area contributed by atoms with Crippen LogP contribution in [0.2, 0.25) is 0 Å². The van der Waals surface area contributed by atoms with Gasteiger partial charge in [0.25, 0.3) is 0 Å². The minimum absolute atomic E-state index is 0.253. The number of methoxy groups -OCH3 is 1. The van der Waals surface area contributed by atoms with Crippen molar-refractivity contribution in [3.8, 4) is 11.5 Å². The number of amides is 1. The highest BCUT2D eigenvalue weighted by molar-refractivity contribution is 7.15. The molecule has 6 nitrogen and oxygen atoms in total. The average molecular weight is 377 g/mol. The monoisotopic (exact) mass is 377 g/mol. The third-order valence-corrected chi connectivity index (χ3v) is 5.74. The molecule has 26 heavy (non-hydrogen) atoms. The molecule has 2 aliphatic heterocycles. The number of carbonyl (C=O) groups excluding carboxylic acids is 1. The van der Waals surface area contributed by atoms with Gasteiger partial charge in [-0.25, -0.2) is 0 Å². The Bertz CT molecular complexity index is 856. The van der Waals surface area contributed by atoms with Crippen LogP contribution in [0.15, 0.2) is 18.2 Å². The largest absolute Gasteiger partial charge is 0.493 e. The highest BCUT2D eigenvalue weighted by Crippen LogP contribution is 2.45. The van der Waals surface area contributed by atoms with Crippen LogP contribution >= 0.6 is 11.3 Å². The minimum Gasteiger partial charge on any atom is -0.493 e. The Hall–Kier alpha value is -2.19. The second-order valence-corrected chi connectivity index (χ2v) is 7.87. The van der Waals surface area contributed by atoms with Gasteiger partial charge in [-0.1, -0.05) is 23.5 Å². The highest BCUT2D eigenvalue weighted by atomic mass is 32.1. The van der Waals surface area contributed by atoms with Gasteiger partial charge in [-0.3, -0.25) is 9.69 Å². The molecule has 0 saturated carbocycles. The van der Waals surface area contributed by atoms with Crippen LogP contribution in [0.1, 0.15) is 23.8 Å². The SMILES string of the molecule is COc1cccc2c1OC1(CCN(Cc3sc(NC(C)=O)nc3F)C1)C2. The van der Waals surface area contributed by atoms with E-state index in [1.54, 1.807) is 7.11 Å². The number of para-hydroxylation sites is 1. The summed E-state index contributed by atoms with van der Waals surface area (Å²) in [6.07, 6.45) is 1.71. The van der Waals surface area contributed by atoms with Crippen LogP contribution in [0.5, 0.6) is 11.5 Å². The van der Waals surface area contributed by atoms with E-state index >= 15 is 0 Å². The molecule has 1 fully saturated rings. The lowest BCUT2D eigenvalue weighted by Crippen LogP contribution is -2.37. The molecular formula is C18H20FN3O3S. The average Bonchev–Trinajstić information content (AvgIpc) is 3.25. The second-order valence-electron chi connectivity index (χ2n) is 6.79. The number of carbonyl (C=O) groups is 1. The van der Waals surface area contributed by atoms with Gasteiger partial charge in [0.15, 0.2) is 16.6 Å². The number of hydrogen-bond donors (Lipinski definition) is 1. The van der Waals surface area contributed by atoms with E-state index in [1.807, 2.05) is 12.1 Å². The van der Waals surface area contributed by atoms with Crippen molar-refractivity contribution in [2.75, 3.05) is 25.5 Å². The zero-order chi connectivity index (χ0) is 18.3. The maximum absolute atomic E-state index is 14.1. The minimum atomic E-state index is -0.517. The molecule has 2 aliphatic rings. The van der Waals surface area contributed by atoms with Crippen LogP contribution in [-0.4, -0.2) is 41.6 Å². The molecule has 1 N–H and O–H groups in total. The topological polar surface area (TPSA) is 63.7 Å². The number of aromatic nitrogens is 1. The summed E-state index contributed by atoms with van der Waals surface area (Å²) in [6, 6.07) is 5.95. The summed E-state index contributed by atoms with van der Waals surface area (Å²) in [5, 5.41) is 2.83. The van der Waals surface area contributed by atoms with Crippen molar-refractivity contribution in [1.29, 1.82) is 0 Å². The van der Waals surface area contributed by atoms with E-state index in [0.717, 1.165) is 43.0 Å². The molecule has 1 aromatic heterocycles. The van der Waals surface area contributed by atoms with Gasteiger partial charge in [0.1, 0.15) is 5.60 Å². The number of nitrogens with one attached hydrogen (secondary N) is 1. The number of halogens is 1. The predicted molar refractivity (Wildman–Crippen MR) is 96.3 cm³/mol. The number of rotatable bonds is 4. The summed E-state index contributed by atoms with van der Waals surface area (Å²) in [5.74, 6) is 0.813. The number of anilines is 1. The number of ether oxygens (including phenoxy) is 2. The van der Waals surface area contributed by atoms with Crippen LogP contribution in [0.4, 0.5) is 9.52 Å². The molecule has 1 aromatic carbocycles. The Morgan fingerprint density at radius 3 is 3.15 bits per heavy atom. The summed E-state index contributed by atoms with van der Waals surface area (Å²) >= 11 is 1.18. The van der Waals surface area contributed by atoms with Crippen molar-refractivity contribution in [3.63, 3.8) is 0 Å².